The molecule has 4 aromatic rings. The second-order valence-corrected chi connectivity index (χ2v) is 7.82. The van der Waals surface area contributed by atoms with Crippen molar-refractivity contribution >= 4 is 17.2 Å². The van der Waals surface area contributed by atoms with Crippen LogP contribution in [-0.2, 0) is 26.8 Å². The lowest BCUT2D eigenvalue weighted by molar-refractivity contribution is -0.137. The minimum Gasteiger partial charge on any atom is -0.449 e. The average Bonchev–Trinajstić information content (AvgIpc) is 3.01. The topological polar surface area (TPSA) is 117 Å². The molecule has 2 heterocycles. The van der Waals surface area contributed by atoms with Crippen molar-refractivity contribution in [3.8, 4) is 11.4 Å². The highest BCUT2D eigenvalue weighted by atomic mass is 19.4. The van der Waals surface area contributed by atoms with Crippen LogP contribution in [0.5, 0.6) is 5.75 Å². The lowest BCUT2D eigenvalue weighted by Crippen LogP contribution is -2.40. The molecule has 0 radical (unpaired) electrons. The Hall–Kier alpha value is -4.62. The van der Waals surface area contributed by atoms with Crippen LogP contribution in [0.15, 0.2) is 57.0 Å². The number of carboxylic acid groups (broad SMARTS) is 1. The number of fused-ring (bicyclic) bond motifs is 1. The molecule has 0 aliphatic rings. The van der Waals surface area contributed by atoms with E-state index in [1.54, 1.807) is 0 Å². The molecule has 0 fully saturated rings. The van der Waals surface area contributed by atoms with Crippen LogP contribution in [0.3, 0.4) is 0 Å². The SMILES string of the molecule is Cn1c(=O)n(C)c2cc(-n3cc(OC(=O)O)c(=O)n(Cc4cc(F)cc(C(F)(F)F)c4)c3=O)ccc21. The van der Waals surface area contributed by atoms with Crippen molar-refractivity contribution in [2.24, 2.45) is 14.1 Å². The molecule has 2 aromatic heterocycles. The summed E-state index contributed by atoms with van der Waals surface area (Å²) in [4.78, 5) is 49.3. The number of imidazole rings is 1. The molecular weight excluding hydrogens is 492 g/mol. The van der Waals surface area contributed by atoms with E-state index in [-0.39, 0.29) is 23.0 Å². The Kier molecular flexibility index (Phi) is 5.82. The van der Waals surface area contributed by atoms with Gasteiger partial charge in [-0.2, -0.15) is 13.2 Å². The molecule has 0 bridgehead atoms. The number of halogens is 4. The third kappa shape index (κ3) is 4.28. The molecule has 0 aliphatic heterocycles. The first-order valence-electron chi connectivity index (χ1n) is 10.1. The van der Waals surface area contributed by atoms with E-state index in [4.69, 9.17) is 5.11 Å². The summed E-state index contributed by atoms with van der Waals surface area (Å²) in [6.45, 7) is -0.818. The Morgan fingerprint density at radius 1 is 0.972 bits per heavy atom. The minimum absolute atomic E-state index is 0.0907. The number of hydrogen-bond donors (Lipinski definition) is 1. The summed E-state index contributed by atoms with van der Waals surface area (Å²) in [6.07, 6.45) is -5.96. The first-order chi connectivity index (χ1) is 16.8. The van der Waals surface area contributed by atoms with Gasteiger partial charge in [-0.05, 0) is 42.0 Å². The number of rotatable bonds is 4. The lowest BCUT2D eigenvalue weighted by Gasteiger charge is -2.14. The Labute approximate surface area is 197 Å². The predicted molar refractivity (Wildman–Crippen MR) is 117 cm³/mol. The molecule has 1 N–H and O–H groups in total. The van der Waals surface area contributed by atoms with Crippen LogP contribution < -0.4 is 21.7 Å². The second-order valence-electron chi connectivity index (χ2n) is 7.82. The van der Waals surface area contributed by atoms with Gasteiger partial charge in [0.15, 0.2) is 0 Å². The number of alkyl halides is 3. The van der Waals surface area contributed by atoms with E-state index in [0.29, 0.717) is 27.7 Å². The predicted octanol–water partition coefficient (Wildman–Crippen LogP) is 2.45. The zero-order chi connectivity index (χ0) is 26.5. The average molecular weight is 508 g/mol. The van der Waals surface area contributed by atoms with Gasteiger partial charge in [0.2, 0.25) is 5.75 Å². The van der Waals surface area contributed by atoms with Gasteiger partial charge < -0.3 is 9.84 Å². The van der Waals surface area contributed by atoms with Gasteiger partial charge in [-0.1, -0.05) is 0 Å². The van der Waals surface area contributed by atoms with Crippen molar-refractivity contribution in [3.05, 3.63) is 90.9 Å². The van der Waals surface area contributed by atoms with E-state index in [9.17, 15) is 36.7 Å². The molecule has 10 nitrogen and oxygen atoms in total. The van der Waals surface area contributed by atoms with Gasteiger partial charge in [0, 0.05) is 14.1 Å². The molecule has 0 atom stereocenters. The zero-order valence-electron chi connectivity index (χ0n) is 18.5. The van der Waals surface area contributed by atoms with Crippen molar-refractivity contribution < 1.29 is 32.2 Å². The van der Waals surface area contributed by atoms with Crippen molar-refractivity contribution in [2.75, 3.05) is 0 Å². The van der Waals surface area contributed by atoms with Crippen molar-refractivity contribution in [3.63, 3.8) is 0 Å². The fourth-order valence-electron chi connectivity index (χ4n) is 3.80. The number of aryl methyl sites for hydroxylation is 2. The van der Waals surface area contributed by atoms with Crippen LogP contribution in [-0.4, -0.2) is 29.5 Å². The number of carbonyl (C=O) groups is 1. The lowest BCUT2D eigenvalue weighted by atomic mass is 10.1. The molecule has 36 heavy (non-hydrogen) atoms. The monoisotopic (exact) mass is 508 g/mol. The van der Waals surface area contributed by atoms with E-state index in [2.05, 4.69) is 4.74 Å². The number of nitrogens with zero attached hydrogens (tertiary/aromatic N) is 4. The molecule has 0 saturated heterocycles. The van der Waals surface area contributed by atoms with Crippen molar-refractivity contribution in [1.29, 1.82) is 0 Å². The summed E-state index contributed by atoms with van der Waals surface area (Å²) >= 11 is 0. The van der Waals surface area contributed by atoms with Gasteiger partial charge in [0.05, 0.1) is 35.0 Å². The Balaban J connectivity index is 1.94. The normalized spacial score (nSPS) is 11.7. The van der Waals surface area contributed by atoms with Gasteiger partial charge >= 0.3 is 23.7 Å². The highest BCUT2D eigenvalue weighted by Crippen LogP contribution is 2.30. The quantitative estimate of drug-likeness (QED) is 0.334. The third-order valence-corrected chi connectivity index (χ3v) is 5.50. The van der Waals surface area contributed by atoms with Crippen LogP contribution in [0.2, 0.25) is 0 Å². The zero-order valence-corrected chi connectivity index (χ0v) is 18.5. The van der Waals surface area contributed by atoms with Gasteiger partial charge in [0.1, 0.15) is 5.82 Å². The third-order valence-electron chi connectivity index (χ3n) is 5.50. The molecule has 2 aromatic carbocycles. The molecule has 4 rings (SSSR count). The van der Waals surface area contributed by atoms with Gasteiger partial charge in [0.25, 0.3) is 5.56 Å². The first kappa shape index (κ1) is 24.5. The summed E-state index contributed by atoms with van der Waals surface area (Å²) in [7, 11) is 3.02. The number of benzene rings is 2. The largest absolute Gasteiger partial charge is 0.511 e. The molecular formula is C22H16F4N4O6. The molecule has 188 valence electrons. The van der Waals surface area contributed by atoms with Crippen LogP contribution >= 0.6 is 0 Å². The highest BCUT2D eigenvalue weighted by molar-refractivity contribution is 5.78. The number of hydrogen-bond acceptors (Lipinski definition) is 5. The van der Waals surface area contributed by atoms with E-state index in [1.807, 2.05) is 0 Å². The van der Waals surface area contributed by atoms with E-state index >= 15 is 0 Å². The molecule has 0 spiro atoms. The maximum atomic E-state index is 13.9. The maximum Gasteiger partial charge on any atom is 0.511 e. The van der Waals surface area contributed by atoms with Crippen LogP contribution in [0, 0.1) is 5.82 Å². The Morgan fingerprint density at radius 3 is 2.28 bits per heavy atom. The smallest absolute Gasteiger partial charge is 0.449 e. The van der Waals surface area contributed by atoms with Crippen LogP contribution in [0.1, 0.15) is 11.1 Å². The molecule has 14 heteroatoms. The van der Waals surface area contributed by atoms with Crippen molar-refractivity contribution in [1.82, 2.24) is 18.3 Å². The van der Waals surface area contributed by atoms with E-state index < -0.39 is 47.3 Å². The molecule has 0 amide bonds. The van der Waals surface area contributed by atoms with Gasteiger partial charge in [-0.3, -0.25) is 23.1 Å². The first-order valence-corrected chi connectivity index (χ1v) is 10.1. The standard InChI is InChI=1S/C22H16F4N4O6/c1-27-15-4-3-14(8-16(15)28(2)19(27)32)29-10-17(36-21(34)35)18(31)30(20(29)33)9-11-5-12(22(24,25)26)7-13(23)6-11/h3-8,10H,9H2,1-2H3,(H,34,35). The summed E-state index contributed by atoms with van der Waals surface area (Å²) in [5, 5.41) is 9.00. The molecule has 0 aliphatic carbocycles. The fraction of sp³-hybridized carbons (Fsp3) is 0.182. The number of ether oxygens (including phenoxy) is 1. The minimum atomic E-state index is -4.89. The Bertz CT molecular complexity index is 1710. The molecule has 0 unspecified atom stereocenters. The van der Waals surface area contributed by atoms with Gasteiger partial charge in [-0.25, -0.2) is 18.8 Å². The van der Waals surface area contributed by atoms with E-state index in [1.165, 1.54) is 41.4 Å². The molecule has 0 saturated carbocycles. The summed E-state index contributed by atoms with van der Waals surface area (Å²) in [6, 6.07) is 5.87. The van der Waals surface area contributed by atoms with E-state index in [0.717, 1.165) is 10.8 Å². The maximum absolute atomic E-state index is 13.9. The van der Waals surface area contributed by atoms with Gasteiger partial charge in [-0.15, -0.1) is 0 Å². The Morgan fingerprint density at radius 2 is 1.64 bits per heavy atom. The van der Waals surface area contributed by atoms with Crippen LogP contribution in [0.4, 0.5) is 22.4 Å². The number of aromatic nitrogens is 4. The second kappa shape index (κ2) is 8.55. The van der Waals surface area contributed by atoms with Crippen LogP contribution in [0.25, 0.3) is 16.7 Å². The summed E-state index contributed by atoms with van der Waals surface area (Å²) in [5.41, 5.74) is -3.41. The van der Waals surface area contributed by atoms with Crippen molar-refractivity contribution in [2.45, 2.75) is 12.7 Å². The fourth-order valence-corrected chi connectivity index (χ4v) is 3.80. The summed E-state index contributed by atoms with van der Waals surface area (Å²) in [5.74, 6) is -2.07. The highest BCUT2D eigenvalue weighted by Gasteiger charge is 2.31. The summed E-state index contributed by atoms with van der Waals surface area (Å²) < 4.78 is 61.6.